The Morgan fingerprint density at radius 3 is 2.26 bits per heavy atom. The van der Waals surface area contributed by atoms with Crippen molar-refractivity contribution in [3.63, 3.8) is 0 Å². The largest absolute Gasteiger partial charge is 0.423 e. The third-order valence-electron chi connectivity index (χ3n) is 3.66. The fourth-order valence-electron chi connectivity index (χ4n) is 2.34. The summed E-state index contributed by atoms with van der Waals surface area (Å²) in [5, 5.41) is 0.951. The van der Waals surface area contributed by atoms with E-state index in [9.17, 15) is 9.59 Å². The third kappa shape index (κ3) is 8.97. The molecule has 0 aliphatic carbocycles. The van der Waals surface area contributed by atoms with Crippen LogP contribution < -0.4 is 5.63 Å². The van der Waals surface area contributed by atoms with E-state index in [-0.39, 0.29) is 5.63 Å². The summed E-state index contributed by atoms with van der Waals surface area (Å²) in [6.45, 7) is 3.91. The Labute approximate surface area is 138 Å². The highest BCUT2D eigenvalue weighted by atomic mass is 16.4. The number of carbonyl (C=O) groups excluding carboxylic acids is 1. The molecule has 0 N–H and O–H groups in total. The Balaban J connectivity index is 0.000000230. The van der Waals surface area contributed by atoms with Gasteiger partial charge in [-0.3, -0.25) is 0 Å². The predicted molar refractivity (Wildman–Crippen MR) is 95.8 cm³/mol. The average Bonchev–Trinajstić information content (AvgIpc) is 2.54. The van der Waals surface area contributed by atoms with Crippen molar-refractivity contribution in [2.24, 2.45) is 0 Å². The lowest BCUT2D eigenvalue weighted by atomic mass is 10.1. The molecule has 23 heavy (non-hydrogen) atoms. The normalized spacial score (nSPS) is 10.2. The van der Waals surface area contributed by atoms with Gasteiger partial charge in [-0.15, -0.1) is 0 Å². The summed E-state index contributed by atoms with van der Waals surface area (Å²) < 4.78 is 4.91. The number of fused-ring (bicyclic) bond motifs is 1. The second-order valence-corrected chi connectivity index (χ2v) is 5.87. The Morgan fingerprint density at radius 2 is 1.57 bits per heavy atom. The van der Waals surface area contributed by atoms with E-state index >= 15 is 0 Å². The summed E-state index contributed by atoms with van der Waals surface area (Å²) in [5.74, 6) is 0.337. The van der Waals surface area contributed by atoms with E-state index in [1.165, 1.54) is 44.6 Å². The van der Waals surface area contributed by atoms with E-state index in [2.05, 4.69) is 6.92 Å². The highest BCUT2D eigenvalue weighted by Gasteiger charge is 1.94. The van der Waals surface area contributed by atoms with Crippen LogP contribution in [0.3, 0.4) is 0 Å². The minimum Gasteiger partial charge on any atom is -0.423 e. The molecule has 0 amide bonds. The first-order chi connectivity index (χ1) is 11.1. The van der Waals surface area contributed by atoms with Gasteiger partial charge >= 0.3 is 5.63 Å². The Kier molecular flexibility index (Phi) is 9.69. The number of unbranched alkanes of at least 4 members (excludes halogenated alkanes) is 6. The number of para-hydroxylation sites is 1. The summed E-state index contributed by atoms with van der Waals surface area (Å²) in [6.07, 6.45) is 9.84. The summed E-state index contributed by atoms with van der Waals surface area (Å²) >= 11 is 0. The highest BCUT2D eigenvalue weighted by Crippen LogP contribution is 2.09. The van der Waals surface area contributed by atoms with Gasteiger partial charge in [-0.05, 0) is 25.5 Å². The lowest BCUT2D eigenvalue weighted by Crippen LogP contribution is -1.93. The van der Waals surface area contributed by atoms with Crippen molar-refractivity contribution < 1.29 is 9.21 Å². The van der Waals surface area contributed by atoms with E-state index in [0.29, 0.717) is 11.4 Å². The molecule has 2 aromatic rings. The van der Waals surface area contributed by atoms with Gasteiger partial charge in [0, 0.05) is 17.9 Å². The van der Waals surface area contributed by atoms with Crippen LogP contribution in [0.4, 0.5) is 0 Å². The molecule has 0 saturated carbocycles. The SMILES string of the molecule is CCCCCCCCCC(C)=O.O=c1ccc2ccccc2o1. The van der Waals surface area contributed by atoms with Crippen molar-refractivity contribution in [3.8, 4) is 0 Å². The third-order valence-corrected chi connectivity index (χ3v) is 3.66. The number of hydrogen-bond acceptors (Lipinski definition) is 3. The topological polar surface area (TPSA) is 47.3 Å². The lowest BCUT2D eigenvalue weighted by molar-refractivity contribution is -0.117. The van der Waals surface area contributed by atoms with Gasteiger partial charge in [0.05, 0.1) is 0 Å². The smallest absolute Gasteiger partial charge is 0.336 e. The average molecular weight is 316 g/mol. The summed E-state index contributed by atoms with van der Waals surface area (Å²) in [4.78, 5) is 21.3. The lowest BCUT2D eigenvalue weighted by Gasteiger charge is -1.98. The number of hydrogen-bond donors (Lipinski definition) is 0. The van der Waals surface area contributed by atoms with Crippen molar-refractivity contribution in [1.29, 1.82) is 0 Å². The maximum absolute atomic E-state index is 10.7. The van der Waals surface area contributed by atoms with Crippen LogP contribution in [-0.4, -0.2) is 5.78 Å². The Hall–Kier alpha value is -1.90. The first kappa shape index (κ1) is 19.1. The number of Topliss-reactive ketones (excluding diaryl/α,β-unsaturated/α-hetero) is 1. The van der Waals surface area contributed by atoms with Crippen molar-refractivity contribution in [2.75, 3.05) is 0 Å². The monoisotopic (exact) mass is 316 g/mol. The standard InChI is InChI=1S/C11H22O.C9H6O2/c1-3-4-5-6-7-8-9-10-11(2)12;10-9-6-5-7-3-1-2-4-8(7)11-9/h3-10H2,1-2H3;1-6H. The van der Waals surface area contributed by atoms with E-state index in [1.54, 1.807) is 19.1 Å². The second kappa shape index (κ2) is 11.6. The molecular formula is C20H28O3. The van der Waals surface area contributed by atoms with Gasteiger partial charge in [-0.2, -0.15) is 0 Å². The summed E-state index contributed by atoms with van der Waals surface area (Å²) in [7, 11) is 0. The second-order valence-electron chi connectivity index (χ2n) is 5.87. The summed E-state index contributed by atoms with van der Waals surface area (Å²) in [5.41, 5.74) is 0.337. The van der Waals surface area contributed by atoms with Gasteiger partial charge in [-0.1, -0.05) is 63.6 Å². The number of rotatable bonds is 8. The van der Waals surface area contributed by atoms with Crippen molar-refractivity contribution in [2.45, 2.75) is 65.2 Å². The zero-order valence-corrected chi connectivity index (χ0v) is 14.3. The minimum atomic E-state index is -0.302. The van der Waals surface area contributed by atoms with Crippen LogP contribution in [0.2, 0.25) is 0 Å². The molecule has 3 heteroatoms. The molecule has 2 rings (SSSR count). The van der Waals surface area contributed by atoms with E-state index in [1.807, 2.05) is 18.2 Å². The van der Waals surface area contributed by atoms with Gasteiger partial charge in [0.2, 0.25) is 0 Å². The quantitative estimate of drug-likeness (QED) is 0.476. The molecule has 0 fully saturated rings. The van der Waals surface area contributed by atoms with Crippen LogP contribution in [0.15, 0.2) is 45.6 Å². The van der Waals surface area contributed by atoms with Gasteiger partial charge < -0.3 is 9.21 Å². The van der Waals surface area contributed by atoms with Crippen LogP contribution >= 0.6 is 0 Å². The molecular weight excluding hydrogens is 288 g/mol. The van der Waals surface area contributed by atoms with Crippen LogP contribution in [0, 0.1) is 0 Å². The first-order valence-electron chi connectivity index (χ1n) is 8.62. The van der Waals surface area contributed by atoms with Crippen LogP contribution in [0.1, 0.15) is 65.2 Å². The van der Waals surface area contributed by atoms with Crippen LogP contribution in [0.25, 0.3) is 11.0 Å². The number of benzene rings is 1. The van der Waals surface area contributed by atoms with E-state index in [4.69, 9.17) is 4.42 Å². The van der Waals surface area contributed by atoms with Crippen LogP contribution in [-0.2, 0) is 4.79 Å². The van der Waals surface area contributed by atoms with E-state index in [0.717, 1.165) is 18.2 Å². The fourth-order valence-corrected chi connectivity index (χ4v) is 2.34. The van der Waals surface area contributed by atoms with Gasteiger partial charge in [0.1, 0.15) is 11.4 Å². The predicted octanol–water partition coefficient (Wildman–Crippen LogP) is 5.51. The molecule has 1 heterocycles. The van der Waals surface area contributed by atoms with Crippen molar-refractivity contribution in [3.05, 3.63) is 46.8 Å². The number of ketones is 1. The highest BCUT2D eigenvalue weighted by molar-refractivity contribution is 5.75. The molecule has 1 aromatic heterocycles. The zero-order valence-electron chi connectivity index (χ0n) is 14.3. The molecule has 3 nitrogen and oxygen atoms in total. The maximum atomic E-state index is 10.7. The Morgan fingerprint density at radius 1 is 0.913 bits per heavy atom. The molecule has 0 atom stereocenters. The van der Waals surface area contributed by atoms with Crippen molar-refractivity contribution in [1.82, 2.24) is 0 Å². The summed E-state index contributed by atoms with van der Waals surface area (Å²) in [6, 6.07) is 10.6. The molecule has 0 bridgehead atoms. The zero-order chi connectivity index (χ0) is 16.9. The van der Waals surface area contributed by atoms with Gasteiger partial charge in [0.15, 0.2) is 0 Å². The molecule has 0 saturated heterocycles. The first-order valence-corrected chi connectivity index (χ1v) is 8.62. The number of carbonyl (C=O) groups is 1. The van der Waals surface area contributed by atoms with E-state index < -0.39 is 0 Å². The molecule has 0 aliphatic heterocycles. The maximum Gasteiger partial charge on any atom is 0.336 e. The van der Waals surface area contributed by atoms with Crippen molar-refractivity contribution >= 4 is 16.8 Å². The van der Waals surface area contributed by atoms with Gasteiger partial charge in [0.25, 0.3) is 0 Å². The molecule has 0 unspecified atom stereocenters. The Bertz CT molecular complexity index is 628. The van der Waals surface area contributed by atoms with Crippen LogP contribution in [0.5, 0.6) is 0 Å². The van der Waals surface area contributed by atoms with Gasteiger partial charge in [-0.25, -0.2) is 4.79 Å². The molecule has 0 spiro atoms. The molecule has 126 valence electrons. The molecule has 0 aliphatic rings. The minimum absolute atomic E-state index is 0.302. The molecule has 1 aromatic carbocycles. The molecule has 0 radical (unpaired) electrons. The fraction of sp³-hybridized carbons (Fsp3) is 0.500.